The molecule has 6 atom stereocenters. The molecule has 0 aliphatic carbocycles. The van der Waals surface area contributed by atoms with Crippen molar-refractivity contribution in [2.24, 2.45) is 21.8 Å². The molecule has 4 fully saturated rings. The predicted molar refractivity (Wildman–Crippen MR) is 355 cm³/mol. The second kappa shape index (κ2) is 28.7. The molecule has 15 nitrogen and oxygen atoms in total. The van der Waals surface area contributed by atoms with Crippen molar-refractivity contribution in [3.05, 3.63) is 161 Å². The fraction of sp³-hybridized carbons (Fsp3) is 0.485. The van der Waals surface area contributed by atoms with Crippen molar-refractivity contribution >= 4 is 104 Å². The summed E-state index contributed by atoms with van der Waals surface area (Å²) in [7, 11) is 0. The minimum Gasteiger partial charge on any atom is -0.480 e. The van der Waals surface area contributed by atoms with Crippen LogP contribution in [0.3, 0.4) is 0 Å². The number of aliphatic carboxylic acids is 1. The molecule has 4 aromatic carbocycles. The Labute approximate surface area is 566 Å². The normalized spacial score (nSPS) is 25.1. The van der Waals surface area contributed by atoms with Gasteiger partial charge in [-0.05, 0) is 146 Å². The lowest BCUT2D eigenvalue weighted by Crippen LogP contribution is -2.55. The van der Waals surface area contributed by atoms with Crippen LogP contribution < -0.4 is 5.32 Å². The first-order valence-corrected chi connectivity index (χ1v) is 34.2. The van der Waals surface area contributed by atoms with Gasteiger partial charge in [-0.2, -0.15) is 26.3 Å². The molecular weight excluding hydrogens is 1330 g/mol. The summed E-state index contributed by atoms with van der Waals surface area (Å²) in [5, 5.41) is 16.7. The van der Waals surface area contributed by atoms with Crippen molar-refractivity contribution in [1.29, 1.82) is 0 Å². The van der Waals surface area contributed by atoms with Crippen LogP contribution in [0.4, 0.5) is 26.3 Å². The van der Waals surface area contributed by atoms with Crippen LogP contribution in [0, 0.1) is 11.8 Å². The largest absolute Gasteiger partial charge is 0.480 e. The molecule has 12 rings (SSSR count). The molecule has 2 N–H and O–H groups in total. The molecule has 0 spiro atoms. The van der Waals surface area contributed by atoms with Crippen molar-refractivity contribution in [2.45, 2.75) is 115 Å². The van der Waals surface area contributed by atoms with E-state index in [9.17, 15) is 50.6 Å². The minimum absolute atomic E-state index is 0.0115. The Hall–Kier alpha value is -5.50. The van der Waals surface area contributed by atoms with Gasteiger partial charge < -0.3 is 34.9 Å². The van der Waals surface area contributed by atoms with E-state index < -0.39 is 54.6 Å². The Bertz CT molecular complexity index is 3550. The zero-order chi connectivity index (χ0) is 67.1. The van der Waals surface area contributed by atoms with Crippen molar-refractivity contribution in [1.82, 2.24) is 39.6 Å². The third-order valence-corrected chi connectivity index (χ3v) is 21.2. The lowest BCUT2D eigenvalue weighted by atomic mass is 9.81. The lowest BCUT2D eigenvalue weighted by molar-refractivity contribution is -0.154. The minimum atomic E-state index is -4.28. The Balaban J connectivity index is 0.000000178. The Morgan fingerprint density at radius 3 is 1.27 bits per heavy atom. The number of rotatable bonds is 12. The molecule has 0 bridgehead atoms. The van der Waals surface area contributed by atoms with E-state index in [1.165, 1.54) is 38.2 Å². The van der Waals surface area contributed by atoms with E-state index >= 15 is 0 Å². The van der Waals surface area contributed by atoms with Crippen LogP contribution in [-0.4, -0.2) is 176 Å². The van der Waals surface area contributed by atoms with Gasteiger partial charge in [0.15, 0.2) is 10.3 Å². The summed E-state index contributed by atoms with van der Waals surface area (Å²) in [6.45, 7) is 14.6. The monoisotopic (exact) mass is 1400 g/mol. The van der Waals surface area contributed by atoms with E-state index in [1.54, 1.807) is 9.80 Å². The Morgan fingerprint density at radius 1 is 0.548 bits per heavy atom. The number of likely N-dealkylation sites (tertiary alicyclic amines) is 2. The molecule has 0 unspecified atom stereocenters. The molecule has 500 valence electrons. The summed E-state index contributed by atoms with van der Waals surface area (Å²) in [6.07, 6.45) is -5.96. The van der Waals surface area contributed by atoms with E-state index in [4.69, 9.17) is 56.4 Å². The van der Waals surface area contributed by atoms with Crippen LogP contribution in [0.5, 0.6) is 0 Å². The maximum atomic E-state index is 14.4. The number of carbonyl (C=O) groups excluding carboxylic acids is 3. The number of fused-ring (bicyclic) bond motifs is 2. The molecule has 0 radical (unpaired) electrons. The van der Waals surface area contributed by atoms with Crippen LogP contribution in [0.1, 0.15) is 102 Å². The molecule has 8 aliphatic heterocycles. The first kappa shape index (κ1) is 70.3. The molecule has 8 aliphatic rings. The first-order chi connectivity index (χ1) is 44.0. The van der Waals surface area contributed by atoms with Gasteiger partial charge in [-0.1, -0.05) is 123 Å². The average molecular weight is 1410 g/mol. The fourth-order valence-corrected chi connectivity index (χ4v) is 16.9. The number of thioether (sulfide) groups is 2. The zero-order valence-corrected chi connectivity index (χ0v) is 56.9. The molecule has 4 aromatic rings. The van der Waals surface area contributed by atoms with Crippen molar-refractivity contribution < 1.29 is 50.6 Å². The number of halogens is 10. The van der Waals surface area contributed by atoms with E-state index in [0.717, 1.165) is 38.8 Å². The zero-order valence-electron chi connectivity index (χ0n) is 52.2. The van der Waals surface area contributed by atoms with Crippen LogP contribution >= 0.6 is 69.9 Å². The molecule has 0 saturated carbocycles. The van der Waals surface area contributed by atoms with E-state index in [-0.39, 0.29) is 67.8 Å². The average Bonchev–Trinajstić information content (AvgIpc) is 1.57. The molecule has 93 heavy (non-hydrogen) atoms. The van der Waals surface area contributed by atoms with E-state index in [2.05, 4.69) is 56.7 Å². The van der Waals surface area contributed by atoms with Crippen LogP contribution in [0.2, 0.25) is 20.1 Å². The number of carbonyl (C=O) groups is 4. The summed E-state index contributed by atoms with van der Waals surface area (Å²) < 4.78 is 74.0. The molecule has 27 heteroatoms. The standard InChI is InChI=1S/C33H36Cl2F3N5O2S.C27H27Cl2N3O3S.C6H11F3N2/c1-20(2)26-27(30(45)42-14-4-5-25(42)29(44)41-17-15-40(16-18-41)19-33(36,37)38)46-31-39-32(3,22-8-12-24(35)13-9-22)28(43(26)31)21-6-10-23(34)11-7-21;1-15(2)21-22(24(33)31-14-4-5-20(31)25(34)35)36-26-30-27(3,17-8-12-19(29)13-9-17)23(32(21)26)16-6-10-18(28)11-7-16;7-6(8,9)5-11-3-1-10-2-4-11/h6-13,20,25,28H,4-5,14-19H2,1-3H3;6-13,15,20,23H,4-5,14H2,1-3H3,(H,34,35);10H,1-5H2/t25-,28+,32-;20-,23+,27-;/m00./s1. The van der Waals surface area contributed by atoms with Crippen LogP contribution in [0.25, 0.3) is 0 Å². The number of amidine groups is 2. The summed E-state index contributed by atoms with van der Waals surface area (Å²) in [5.41, 5.74) is 4.39. The highest BCUT2D eigenvalue weighted by Gasteiger charge is 2.56. The fourth-order valence-electron chi connectivity index (χ4n) is 13.6. The summed E-state index contributed by atoms with van der Waals surface area (Å²) in [4.78, 5) is 77.1. The molecular formula is C66H74Cl4F6N10O5S2. The summed E-state index contributed by atoms with van der Waals surface area (Å²) in [6, 6.07) is 28.9. The van der Waals surface area contributed by atoms with Gasteiger partial charge in [0.1, 0.15) is 33.0 Å². The number of carboxylic acids is 1. The summed E-state index contributed by atoms with van der Waals surface area (Å²) in [5.74, 6) is -1.62. The second-order valence-electron chi connectivity index (χ2n) is 25.2. The van der Waals surface area contributed by atoms with Gasteiger partial charge in [-0.15, -0.1) is 0 Å². The third-order valence-electron chi connectivity index (χ3n) is 18.0. The van der Waals surface area contributed by atoms with Gasteiger partial charge in [-0.3, -0.25) is 24.2 Å². The van der Waals surface area contributed by atoms with Gasteiger partial charge in [0.2, 0.25) is 5.91 Å². The molecule has 0 aromatic heterocycles. The quantitative estimate of drug-likeness (QED) is 0.130. The Morgan fingerprint density at radius 2 is 0.903 bits per heavy atom. The number of hydrogen-bond donors (Lipinski definition) is 2. The van der Waals surface area contributed by atoms with Crippen LogP contribution in [0.15, 0.2) is 128 Å². The van der Waals surface area contributed by atoms with Crippen LogP contribution in [-0.2, 0) is 30.3 Å². The maximum absolute atomic E-state index is 14.4. The number of alkyl halides is 6. The SMILES string of the molecule is CC(C)C1=C(C(=O)N2CCC[C@H]2C(=O)N2CCN(CC(F)(F)F)CC2)SC2=N[C@@](C)(c3ccc(Cl)cc3)[C@@H](c3ccc(Cl)cc3)N21.CC(C)C1=C(C(=O)N2CCC[C@H]2C(=O)O)SC2=N[C@@](C)(c3ccc(Cl)cc3)[C@@H](c3ccc(Cl)cc3)N21.FC(F)(F)CN1CCNCC1. The number of benzene rings is 4. The first-order valence-electron chi connectivity index (χ1n) is 31.0. The van der Waals surface area contributed by atoms with Gasteiger partial charge in [-0.25, -0.2) is 14.8 Å². The highest BCUT2D eigenvalue weighted by molar-refractivity contribution is 8.18. The Kier molecular flexibility index (Phi) is 21.7. The number of hydrogen-bond acceptors (Lipinski definition) is 13. The number of piperazine rings is 2. The highest BCUT2D eigenvalue weighted by Crippen LogP contribution is 2.58. The maximum Gasteiger partial charge on any atom is 0.401 e. The lowest BCUT2D eigenvalue weighted by Gasteiger charge is -2.38. The van der Waals surface area contributed by atoms with Crippen molar-refractivity contribution in [3.8, 4) is 0 Å². The number of nitrogens with one attached hydrogen (secondary N) is 1. The smallest absolute Gasteiger partial charge is 0.401 e. The molecule has 4 saturated heterocycles. The van der Waals surface area contributed by atoms with E-state index in [0.29, 0.717) is 100 Å². The van der Waals surface area contributed by atoms with Gasteiger partial charge in [0.25, 0.3) is 11.8 Å². The second-order valence-corrected chi connectivity index (χ2v) is 28.9. The van der Waals surface area contributed by atoms with Crippen molar-refractivity contribution in [2.75, 3.05) is 78.5 Å². The van der Waals surface area contributed by atoms with Crippen molar-refractivity contribution in [3.63, 3.8) is 0 Å². The van der Waals surface area contributed by atoms with Gasteiger partial charge in [0, 0.05) is 96.9 Å². The molecule has 8 heterocycles. The third kappa shape index (κ3) is 15.4. The molecule has 3 amide bonds. The van der Waals surface area contributed by atoms with Gasteiger partial charge >= 0.3 is 18.3 Å². The summed E-state index contributed by atoms with van der Waals surface area (Å²) >= 11 is 27.6. The number of aliphatic imine (C=N–C) groups is 2. The van der Waals surface area contributed by atoms with E-state index in [1.807, 2.05) is 97.1 Å². The number of amides is 3. The topological polar surface area (TPSA) is 148 Å². The van der Waals surface area contributed by atoms with Gasteiger partial charge in [0.05, 0.1) is 25.2 Å². The number of nitrogens with zero attached hydrogens (tertiary/aromatic N) is 9. The number of carboxylic acid groups (broad SMARTS) is 1. The number of allylic oxidation sites excluding steroid dienone is 2. The highest BCUT2D eigenvalue weighted by atomic mass is 35.5. The predicted octanol–water partition coefficient (Wildman–Crippen LogP) is 13.7.